The van der Waals surface area contributed by atoms with E-state index in [1.807, 2.05) is 13.1 Å². The van der Waals surface area contributed by atoms with Gasteiger partial charge in [-0.25, -0.2) is 0 Å². The Morgan fingerprint density at radius 2 is 2.19 bits per heavy atom. The Balaban J connectivity index is 1.82. The minimum Gasteiger partial charge on any atom is -0.373 e. The van der Waals surface area contributed by atoms with Crippen molar-refractivity contribution in [3.8, 4) is 0 Å². The molecule has 10 heteroatoms. The predicted molar refractivity (Wildman–Crippen MR) is 87.0 cm³/mol. The Morgan fingerprint density at radius 1 is 1.42 bits per heavy atom. The van der Waals surface area contributed by atoms with Crippen molar-refractivity contribution in [2.45, 2.75) is 25.7 Å². The Bertz CT molecular complexity index is 806. The number of hydrogen-bond donors (Lipinski definition) is 0. The van der Waals surface area contributed by atoms with Crippen molar-refractivity contribution in [1.82, 2.24) is 9.78 Å². The van der Waals surface area contributed by atoms with Crippen molar-refractivity contribution < 1.29 is 22.8 Å². The third-order valence-corrected chi connectivity index (χ3v) is 4.13. The molecule has 26 heavy (non-hydrogen) atoms. The van der Waals surface area contributed by atoms with Gasteiger partial charge in [0.25, 0.3) is 5.69 Å². The molecule has 0 saturated carbocycles. The SMILES string of the molecule is Cc1cnn(CC2CN(c3ccc(C(F)(F)F)cc3[N+](=O)[O-])CCO2)c1. The van der Waals surface area contributed by atoms with Crippen LogP contribution in [-0.4, -0.2) is 40.5 Å². The predicted octanol–water partition coefficient (Wildman–Crippen LogP) is 3.02. The van der Waals surface area contributed by atoms with Crippen LogP contribution in [0.25, 0.3) is 0 Å². The highest BCUT2D eigenvalue weighted by Gasteiger charge is 2.34. The van der Waals surface area contributed by atoms with E-state index in [9.17, 15) is 23.3 Å². The smallest absolute Gasteiger partial charge is 0.373 e. The molecule has 0 bridgehead atoms. The Morgan fingerprint density at radius 3 is 2.81 bits per heavy atom. The zero-order chi connectivity index (χ0) is 18.9. The summed E-state index contributed by atoms with van der Waals surface area (Å²) < 4.78 is 45.9. The normalized spacial score (nSPS) is 18.2. The average Bonchev–Trinajstić information content (AvgIpc) is 2.98. The molecular formula is C16H17F3N4O3. The molecule has 1 unspecified atom stereocenters. The first kappa shape index (κ1) is 18.2. The van der Waals surface area contributed by atoms with Crippen molar-refractivity contribution in [3.05, 3.63) is 51.8 Å². The number of aromatic nitrogens is 2. The maximum absolute atomic E-state index is 12.8. The second-order valence-electron chi connectivity index (χ2n) is 6.14. The molecule has 1 aliphatic rings. The first-order chi connectivity index (χ1) is 12.2. The van der Waals surface area contributed by atoms with E-state index in [1.54, 1.807) is 15.8 Å². The van der Waals surface area contributed by atoms with Gasteiger partial charge in [0.05, 0.1) is 35.9 Å². The maximum atomic E-state index is 12.8. The zero-order valence-corrected chi connectivity index (χ0v) is 13.9. The molecule has 1 aliphatic heterocycles. The molecule has 1 aromatic carbocycles. The minimum absolute atomic E-state index is 0.160. The molecule has 0 radical (unpaired) electrons. The zero-order valence-electron chi connectivity index (χ0n) is 13.9. The van der Waals surface area contributed by atoms with Crippen molar-refractivity contribution in [2.75, 3.05) is 24.6 Å². The first-order valence-corrected chi connectivity index (χ1v) is 7.95. The number of morpholine rings is 1. The summed E-state index contributed by atoms with van der Waals surface area (Å²) in [5.41, 5.74) is -0.441. The van der Waals surface area contributed by atoms with Gasteiger partial charge in [-0.1, -0.05) is 0 Å². The molecule has 2 heterocycles. The Kier molecular flexibility index (Phi) is 4.86. The number of nitro benzene ring substituents is 1. The Labute approximate surface area is 147 Å². The summed E-state index contributed by atoms with van der Waals surface area (Å²) in [6.45, 7) is 3.37. The fraction of sp³-hybridized carbons (Fsp3) is 0.438. The number of aryl methyl sites for hydroxylation is 1. The van der Waals surface area contributed by atoms with Gasteiger partial charge in [0.15, 0.2) is 0 Å². The summed E-state index contributed by atoms with van der Waals surface area (Å²) >= 11 is 0. The van der Waals surface area contributed by atoms with Crippen LogP contribution >= 0.6 is 0 Å². The third-order valence-electron chi connectivity index (χ3n) is 4.13. The van der Waals surface area contributed by atoms with E-state index in [0.717, 1.165) is 17.7 Å². The van der Waals surface area contributed by atoms with Crippen LogP contribution in [0.2, 0.25) is 0 Å². The van der Waals surface area contributed by atoms with E-state index < -0.39 is 22.4 Å². The van der Waals surface area contributed by atoms with Crippen LogP contribution in [-0.2, 0) is 17.5 Å². The molecule has 1 atom stereocenters. The quantitative estimate of drug-likeness (QED) is 0.611. The maximum Gasteiger partial charge on any atom is 0.416 e. The third kappa shape index (κ3) is 3.96. The molecule has 0 spiro atoms. The van der Waals surface area contributed by atoms with Crippen LogP contribution in [0.15, 0.2) is 30.6 Å². The van der Waals surface area contributed by atoms with Gasteiger partial charge in [0.2, 0.25) is 0 Å². The molecular weight excluding hydrogens is 353 g/mol. The number of anilines is 1. The second-order valence-corrected chi connectivity index (χ2v) is 6.14. The molecule has 0 aliphatic carbocycles. The van der Waals surface area contributed by atoms with Gasteiger partial charge in [-0.05, 0) is 24.6 Å². The van der Waals surface area contributed by atoms with Gasteiger partial charge in [0.1, 0.15) is 5.69 Å². The summed E-state index contributed by atoms with van der Waals surface area (Å²) in [4.78, 5) is 12.2. The number of nitrogens with zero attached hydrogens (tertiary/aromatic N) is 4. The molecule has 1 fully saturated rings. The average molecular weight is 370 g/mol. The highest BCUT2D eigenvalue weighted by Crippen LogP contribution is 2.37. The van der Waals surface area contributed by atoms with Crippen LogP contribution in [0, 0.1) is 17.0 Å². The van der Waals surface area contributed by atoms with E-state index in [2.05, 4.69) is 5.10 Å². The van der Waals surface area contributed by atoms with E-state index in [4.69, 9.17) is 4.74 Å². The highest BCUT2D eigenvalue weighted by molar-refractivity contribution is 5.65. The molecule has 1 aromatic heterocycles. The number of benzene rings is 1. The fourth-order valence-corrected chi connectivity index (χ4v) is 2.94. The summed E-state index contributed by atoms with van der Waals surface area (Å²) in [6.07, 6.45) is -1.34. The molecule has 3 rings (SSSR count). The highest BCUT2D eigenvalue weighted by atomic mass is 19.4. The first-order valence-electron chi connectivity index (χ1n) is 7.95. The van der Waals surface area contributed by atoms with Crippen LogP contribution in [0.5, 0.6) is 0 Å². The van der Waals surface area contributed by atoms with Gasteiger partial charge < -0.3 is 9.64 Å². The number of alkyl halides is 3. The molecule has 1 saturated heterocycles. The Hall–Kier alpha value is -2.62. The summed E-state index contributed by atoms with van der Waals surface area (Å²) in [5, 5.41) is 15.5. The van der Waals surface area contributed by atoms with Crippen LogP contribution < -0.4 is 4.90 Å². The van der Waals surface area contributed by atoms with Crippen LogP contribution in [0.1, 0.15) is 11.1 Å². The molecule has 0 amide bonds. The standard InChI is InChI=1S/C16H17F3N4O3/c1-11-7-20-22(8-11)10-13-9-21(4-5-26-13)14-3-2-12(16(17,18)19)6-15(14)23(24)25/h2-3,6-8,13H,4-5,9-10H2,1H3. The lowest BCUT2D eigenvalue weighted by Crippen LogP contribution is -2.44. The van der Waals surface area contributed by atoms with Crippen LogP contribution in [0.4, 0.5) is 24.5 Å². The monoisotopic (exact) mass is 370 g/mol. The summed E-state index contributed by atoms with van der Waals surface area (Å²) in [6, 6.07) is 2.60. The number of nitro groups is 1. The van der Waals surface area contributed by atoms with Crippen molar-refractivity contribution >= 4 is 11.4 Å². The lowest BCUT2D eigenvalue weighted by molar-refractivity contribution is -0.384. The topological polar surface area (TPSA) is 73.4 Å². The second kappa shape index (κ2) is 6.94. The number of halogens is 3. The van der Waals surface area contributed by atoms with E-state index in [1.165, 1.54) is 0 Å². The van der Waals surface area contributed by atoms with Crippen molar-refractivity contribution in [2.24, 2.45) is 0 Å². The van der Waals surface area contributed by atoms with Gasteiger partial charge in [0, 0.05) is 25.4 Å². The number of hydrogen-bond acceptors (Lipinski definition) is 5. The minimum atomic E-state index is -4.63. The van der Waals surface area contributed by atoms with Gasteiger partial charge in [-0.3, -0.25) is 14.8 Å². The largest absolute Gasteiger partial charge is 0.416 e. The number of rotatable bonds is 4. The molecule has 7 nitrogen and oxygen atoms in total. The lowest BCUT2D eigenvalue weighted by atomic mass is 10.1. The van der Waals surface area contributed by atoms with Crippen LogP contribution in [0.3, 0.4) is 0 Å². The molecule has 2 aromatic rings. The van der Waals surface area contributed by atoms with Crippen molar-refractivity contribution in [3.63, 3.8) is 0 Å². The fourth-order valence-electron chi connectivity index (χ4n) is 2.94. The van der Waals surface area contributed by atoms with Crippen molar-refractivity contribution in [1.29, 1.82) is 0 Å². The lowest BCUT2D eigenvalue weighted by Gasteiger charge is -2.34. The summed E-state index contributed by atoms with van der Waals surface area (Å²) in [7, 11) is 0. The van der Waals surface area contributed by atoms with Gasteiger partial charge in [-0.2, -0.15) is 18.3 Å². The van der Waals surface area contributed by atoms with E-state index in [0.29, 0.717) is 32.3 Å². The van der Waals surface area contributed by atoms with E-state index in [-0.39, 0.29) is 11.8 Å². The summed E-state index contributed by atoms with van der Waals surface area (Å²) in [5.74, 6) is 0. The van der Waals surface area contributed by atoms with Gasteiger partial charge in [-0.15, -0.1) is 0 Å². The van der Waals surface area contributed by atoms with Gasteiger partial charge >= 0.3 is 6.18 Å². The molecule has 0 N–H and O–H groups in total. The molecule has 140 valence electrons. The van der Waals surface area contributed by atoms with E-state index >= 15 is 0 Å². The number of ether oxygens (including phenoxy) is 1.